The topological polar surface area (TPSA) is 57.5 Å². The maximum Gasteiger partial charge on any atom is 0.503 e. The summed E-state index contributed by atoms with van der Waals surface area (Å²) in [5, 5.41) is 13.9. The van der Waals surface area contributed by atoms with E-state index in [2.05, 4.69) is 20.4 Å². The number of hydrogen-bond donors (Lipinski definition) is 2. The predicted octanol–water partition coefficient (Wildman–Crippen LogP) is 2.83. The van der Waals surface area contributed by atoms with Crippen LogP contribution in [0.25, 0.3) is 0 Å². The lowest BCUT2D eigenvalue weighted by Crippen LogP contribution is -1.84. The molecule has 0 fully saturated rings. The first kappa shape index (κ1) is 12.7. The van der Waals surface area contributed by atoms with E-state index in [1.54, 1.807) is 0 Å². The third-order valence-corrected chi connectivity index (χ3v) is 1.15. The van der Waals surface area contributed by atoms with Gasteiger partial charge in [0, 0.05) is 0 Å². The molecule has 0 amide bonds. The van der Waals surface area contributed by atoms with E-state index in [0.29, 0.717) is 5.92 Å². The fourth-order valence-corrected chi connectivity index (χ4v) is 0.573. The van der Waals surface area contributed by atoms with Crippen LogP contribution < -0.4 is 0 Å². The SMILES string of the molecule is C=CC(C)CCC.O=C(O)O. The highest BCUT2D eigenvalue weighted by Crippen LogP contribution is 2.03. The van der Waals surface area contributed by atoms with E-state index in [1.807, 2.05) is 6.08 Å². The van der Waals surface area contributed by atoms with Crippen LogP contribution in [0.2, 0.25) is 0 Å². The maximum atomic E-state index is 8.56. The fraction of sp³-hybridized carbons (Fsp3) is 0.625. The van der Waals surface area contributed by atoms with Crippen molar-refractivity contribution in [1.29, 1.82) is 0 Å². The van der Waals surface area contributed by atoms with E-state index in [1.165, 1.54) is 12.8 Å². The third-order valence-electron chi connectivity index (χ3n) is 1.15. The molecule has 0 aromatic carbocycles. The Hall–Kier alpha value is -0.990. The van der Waals surface area contributed by atoms with Crippen molar-refractivity contribution in [3.63, 3.8) is 0 Å². The van der Waals surface area contributed by atoms with E-state index in [-0.39, 0.29) is 0 Å². The van der Waals surface area contributed by atoms with Crippen LogP contribution in [0.1, 0.15) is 26.7 Å². The number of carboxylic acid groups (broad SMARTS) is 2. The summed E-state index contributed by atoms with van der Waals surface area (Å²) in [5.74, 6) is 0.713. The van der Waals surface area contributed by atoms with Crippen LogP contribution in [-0.2, 0) is 0 Å². The van der Waals surface area contributed by atoms with Gasteiger partial charge in [0.05, 0.1) is 0 Å². The van der Waals surface area contributed by atoms with E-state index < -0.39 is 6.16 Å². The molecule has 1 unspecified atom stereocenters. The van der Waals surface area contributed by atoms with Gasteiger partial charge in [0.25, 0.3) is 0 Å². The van der Waals surface area contributed by atoms with Gasteiger partial charge < -0.3 is 10.2 Å². The molecule has 0 aromatic rings. The normalized spacial score (nSPS) is 10.7. The Morgan fingerprint density at radius 1 is 1.64 bits per heavy atom. The van der Waals surface area contributed by atoms with Crippen LogP contribution in [0.3, 0.4) is 0 Å². The lowest BCUT2D eigenvalue weighted by molar-refractivity contribution is 0.137. The highest BCUT2D eigenvalue weighted by Gasteiger charge is 1.89. The lowest BCUT2D eigenvalue weighted by Gasteiger charge is -1.98. The molecule has 0 heterocycles. The Labute approximate surface area is 67.4 Å². The number of carbonyl (C=O) groups is 1. The molecule has 0 radical (unpaired) electrons. The van der Waals surface area contributed by atoms with Gasteiger partial charge in [-0.25, -0.2) is 4.79 Å². The standard InChI is InChI=1S/C7H14.CH2O3/c1-4-6-7(3)5-2;2-1(3)4/h5,7H,2,4,6H2,1,3H3;(H2,2,3,4). The smallest absolute Gasteiger partial charge is 0.450 e. The molecule has 2 N–H and O–H groups in total. The second kappa shape index (κ2) is 9.01. The van der Waals surface area contributed by atoms with E-state index >= 15 is 0 Å². The summed E-state index contributed by atoms with van der Waals surface area (Å²) in [7, 11) is 0. The molecule has 3 heteroatoms. The summed E-state index contributed by atoms with van der Waals surface area (Å²) >= 11 is 0. The van der Waals surface area contributed by atoms with Crippen molar-refractivity contribution in [1.82, 2.24) is 0 Å². The molecule has 0 spiro atoms. The summed E-state index contributed by atoms with van der Waals surface area (Å²) < 4.78 is 0. The van der Waals surface area contributed by atoms with Crippen LogP contribution in [0, 0.1) is 5.92 Å². The van der Waals surface area contributed by atoms with E-state index in [9.17, 15) is 0 Å². The summed E-state index contributed by atoms with van der Waals surface area (Å²) in [6, 6.07) is 0. The molecule has 0 aliphatic heterocycles. The summed E-state index contributed by atoms with van der Waals surface area (Å²) in [4.78, 5) is 8.56. The lowest BCUT2D eigenvalue weighted by atomic mass is 10.1. The summed E-state index contributed by atoms with van der Waals surface area (Å²) in [6.07, 6.45) is 2.72. The summed E-state index contributed by atoms with van der Waals surface area (Å²) in [6.45, 7) is 8.06. The highest BCUT2D eigenvalue weighted by atomic mass is 16.6. The Balaban J connectivity index is 0. The minimum Gasteiger partial charge on any atom is -0.450 e. The summed E-state index contributed by atoms with van der Waals surface area (Å²) in [5.41, 5.74) is 0. The molecule has 3 nitrogen and oxygen atoms in total. The molecule has 11 heavy (non-hydrogen) atoms. The van der Waals surface area contributed by atoms with Crippen molar-refractivity contribution in [2.24, 2.45) is 5.92 Å². The van der Waals surface area contributed by atoms with Crippen molar-refractivity contribution in [2.75, 3.05) is 0 Å². The molecule has 1 atom stereocenters. The van der Waals surface area contributed by atoms with Gasteiger partial charge in [-0.05, 0) is 12.3 Å². The monoisotopic (exact) mass is 160 g/mol. The average Bonchev–Trinajstić information content (AvgIpc) is 1.87. The van der Waals surface area contributed by atoms with Crippen molar-refractivity contribution in [3.05, 3.63) is 12.7 Å². The molecule has 0 aliphatic carbocycles. The van der Waals surface area contributed by atoms with E-state index in [0.717, 1.165) is 0 Å². The molecular weight excluding hydrogens is 144 g/mol. The molecule has 0 saturated carbocycles. The van der Waals surface area contributed by atoms with Gasteiger partial charge in [-0.15, -0.1) is 6.58 Å². The molecule has 0 aromatic heterocycles. The van der Waals surface area contributed by atoms with Crippen molar-refractivity contribution in [2.45, 2.75) is 26.7 Å². The average molecular weight is 160 g/mol. The Bertz CT molecular complexity index is 106. The first-order valence-corrected chi connectivity index (χ1v) is 3.59. The minimum absolute atomic E-state index is 0.713. The van der Waals surface area contributed by atoms with E-state index in [4.69, 9.17) is 15.0 Å². The number of allylic oxidation sites excluding steroid dienone is 1. The molecule has 0 rings (SSSR count). The number of rotatable bonds is 3. The highest BCUT2D eigenvalue weighted by molar-refractivity contribution is 5.53. The first-order valence-electron chi connectivity index (χ1n) is 3.59. The second-order valence-corrected chi connectivity index (χ2v) is 2.28. The van der Waals surface area contributed by atoms with Gasteiger partial charge in [0.1, 0.15) is 0 Å². The van der Waals surface area contributed by atoms with Crippen LogP contribution in [0.15, 0.2) is 12.7 Å². The zero-order valence-electron chi connectivity index (χ0n) is 7.08. The predicted molar refractivity (Wildman–Crippen MR) is 44.9 cm³/mol. The van der Waals surface area contributed by atoms with Crippen LogP contribution in [0.5, 0.6) is 0 Å². The van der Waals surface area contributed by atoms with Crippen molar-refractivity contribution >= 4 is 6.16 Å². The number of hydrogen-bond acceptors (Lipinski definition) is 1. The Morgan fingerprint density at radius 3 is 2.09 bits per heavy atom. The van der Waals surface area contributed by atoms with Gasteiger partial charge in [-0.2, -0.15) is 0 Å². The quantitative estimate of drug-likeness (QED) is 0.624. The van der Waals surface area contributed by atoms with Gasteiger partial charge in [0.15, 0.2) is 0 Å². The Morgan fingerprint density at radius 2 is 2.00 bits per heavy atom. The van der Waals surface area contributed by atoms with Gasteiger partial charge >= 0.3 is 6.16 Å². The van der Waals surface area contributed by atoms with Crippen molar-refractivity contribution in [3.8, 4) is 0 Å². The third kappa shape index (κ3) is 27.5. The van der Waals surface area contributed by atoms with Gasteiger partial charge in [0.2, 0.25) is 0 Å². The molecule has 0 bridgehead atoms. The van der Waals surface area contributed by atoms with Gasteiger partial charge in [-0.3, -0.25) is 0 Å². The zero-order valence-corrected chi connectivity index (χ0v) is 7.08. The molecule has 0 saturated heterocycles. The molecule has 66 valence electrons. The fourth-order valence-electron chi connectivity index (χ4n) is 0.573. The molecular formula is C8H16O3. The largest absolute Gasteiger partial charge is 0.503 e. The van der Waals surface area contributed by atoms with Crippen molar-refractivity contribution < 1.29 is 15.0 Å². The van der Waals surface area contributed by atoms with Gasteiger partial charge in [-0.1, -0.05) is 26.3 Å². The second-order valence-electron chi connectivity index (χ2n) is 2.28. The van der Waals surface area contributed by atoms with Crippen LogP contribution in [-0.4, -0.2) is 16.4 Å². The first-order chi connectivity index (χ1) is 5.04. The van der Waals surface area contributed by atoms with Crippen LogP contribution in [0.4, 0.5) is 4.79 Å². The van der Waals surface area contributed by atoms with Crippen LogP contribution >= 0.6 is 0 Å². The zero-order chi connectivity index (χ0) is 9.28. The molecule has 0 aliphatic rings. The Kier molecular flexibility index (Phi) is 10.4. The minimum atomic E-state index is -1.83. The maximum absolute atomic E-state index is 8.56.